The summed E-state index contributed by atoms with van der Waals surface area (Å²) in [4.78, 5) is 11.4. The molecule has 1 atom stereocenters. The first-order valence-corrected chi connectivity index (χ1v) is 7.27. The van der Waals surface area contributed by atoms with Crippen LogP contribution in [0.1, 0.15) is 58.3 Å². The molecule has 0 radical (unpaired) electrons. The second-order valence-electron chi connectivity index (χ2n) is 5.83. The van der Waals surface area contributed by atoms with Gasteiger partial charge in [0.1, 0.15) is 0 Å². The van der Waals surface area contributed by atoms with Gasteiger partial charge in [-0.1, -0.05) is 19.3 Å². The van der Waals surface area contributed by atoms with Crippen LogP contribution in [0, 0.1) is 5.92 Å². The topological polar surface area (TPSA) is 41.1 Å². The van der Waals surface area contributed by atoms with Crippen LogP contribution in [0.2, 0.25) is 0 Å². The summed E-state index contributed by atoms with van der Waals surface area (Å²) in [7, 11) is 0. The average Bonchev–Trinajstić information content (AvgIpc) is 3.02. The first-order valence-electron chi connectivity index (χ1n) is 7.27. The lowest BCUT2D eigenvalue weighted by Crippen LogP contribution is -2.32. The number of amides is 1. The third-order valence-corrected chi connectivity index (χ3v) is 3.93. The maximum absolute atomic E-state index is 11.4. The zero-order valence-electron chi connectivity index (χ0n) is 11.0. The van der Waals surface area contributed by atoms with Crippen LogP contribution in [0.3, 0.4) is 0 Å². The Balaban J connectivity index is 1.42. The lowest BCUT2D eigenvalue weighted by molar-refractivity contribution is -0.121. The summed E-state index contributed by atoms with van der Waals surface area (Å²) in [5.41, 5.74) is 0. The van der Waals surface area contributed by atoms with E-state index in [4.69, 9.17) is 0 Å². The lowest BCUT2D eigenvalue weighted by atomic mass is 9.81. The van der Waals surface area contributed by atoms with Crippen molar-refractivity contribution in [3.63, 3.8) is 0 Å². The highest BCUT2D eigenvalue weighted by Crippen LogP contribution is 2.30. The van der Waals surface area contributed by atoms with Crippen molar-refractivity contribution in [2.24, 2.45) is 5.92 Å². The normalized spacial score (nSPS) is 21.9. The predicted octanol–water partition coefficient (Wildman–Crippen LogP) is 2.21. The molecule has 0 aromatic rings. The molecule has 0 spiro atoms. The summed E-state index contributed by atoms with van der Waals surface area (Å²) in [5, 5.41) is 6.55. The van der Waals surface area contributed by atoms with Gasteiger partial charge in [0.15, 0.2) is 0 Å². The molecule has 1 amide bonds. The first-order chi connectivity index (χ1) is 8.24. The van der Waals surface area contributed by atoms with Crippen LogP contribution in [0.5, 0.6) is 0 Å². The molecule has 98 valence electrons. The Morgan fingerprint density at radius 1 is 1.29 bits per heavy atom. The molecular formula is C14H26N2O. The molecule has 2 saturated carbocycles. The van der Waals surface area contributed by atoms with E-state index in [0.717, 1.165) is 18.9 Å². The summed E-state index contributed by atoms with van der Waals surface area (Å²) >= 11 is 0. The van der Waals surface area contributed by atoms with E-state index in [-0.39, 0.29) is 5.91 Å². The predicted molar refractivity (Wildman–Crippen MR) is 69.8 cm³/mol. The fourth-order valence-corrected chi connectivity index (χ4v) is 2.44. The third-order valence-electron chi connectivity index (χ3n) is 3.93. The molecule has 3 nitrogen and oxygen atoms in total. The molecule has 0 bridgehead atoms. The van der Waals surface area contributed by atoms with E-state index < -0.39 is 0 Å². The Labute approximate surface area is 105 Å². The molecule has 2 rings (SSSR count). The molecule has 17 heavy (non-hydrogen) atoms. The van der Waals surface area contributed by atoms with Crippen LogP contribution >= 0.6 is 0 Å². The van der Waals surface area contributed by atoms with E-state index >= 15 is 0 Å². The van der Waals surface area contributed by atoms with Crippen LogP contribution in [-0.2, 0) is 4.79 Å². The van der Waals surface area contributed by atoms with Gasteiger partial charge in [-0.2, -0.15) is 0 Å². The van der Waals surface area contributed by atoms with Gasteiger partial charge in [-0.05, 0) is 45.1 Å². The summed E-state index contributed by atoms with van der Waals surface area (Å²) in [6, 6.07) is 1.12. The highest BCUT2D eigenvalue weighted by molar-refractivity contribution is 5.76. The van der Waals surface area contributed by atoms with E-state index in [0.29, 0.717) is 18.5 Å². The maximum Gasteiger partial charge on any atom is 0.220 e. The molecule has 0 aromatic heterocycles. The van der Waals surface area contributed by atoms with Crippen molar-refractivity contribution in [3.8, 4) is 0 Å². The second-order valence-corrected chi connectivity index (χ2v) is 5.83. The fraction of sp³-hybridized carbons (Fsp3) is 0.929. The molecule has 0 heterocycles. The number of hydrogen-bond acceptors (Lipinski definition) is 2. The van der Waals surface area contributed by atoms with Gasteiger partial charge < -0.3 is 10.6 Å². The van der Waals surface area contributed by atoms with E-state index in [1.807, 2.05) is 0 Å². The summed E-state index contributed by atoms with van der Waals surface area (Å²) < 4.78 is 0. The van der Waals surface area contributed by atoms with Crippen LogP contribution < -0.4 is 10.6 Å². The van der Waals surface area contributed by atoms with Gasteiger partial charge >= 0.3 is 0 Å². The first kappa shape index (κ1) is 12.9. The largest absolute Gasteiger partial charge is 0.353 e. The van der Waals surface area contributed by atoms with Gasteiger partial charge in [0.05, 0.1) is 0 Å². The Morgan fingerprint density at radius 2 is 2.06 bits per heavy atom. The molecular weight excluding hydrogens is 212 g/mol. The minimum absolute atomic E-state index is 0.237. The van der Waals surface area contributed by atoms with Crippen LogP contribution in [0.4, 0.5) is 0 Å². The van der Waals surface area contributed by atoms with Gasteiger partial charge in [-0.15, -0.1) is 0 Å². The number of nitrogens with one attached hydrogen (secondary N) is 2. The van der Waals surface area contributed by atoms with E-state index in [2.05, 4.69) is 17.6 Å². The smallest absolute Gasteiger partial charge is 0.220 e. The number of carbonyl (C=O) groups excluding carboxylic acids is 1. The van der Waals surface area contributed by atoms with Crippen LogP contribution in [-0.4, -0.2) is 24.5 Å². The fourth-order valence-electron chi connectivity index (χ4n) is 2.44. The standard InChI is InChI=1S/C14H26N2O/c1-11(10-12-4-2-5-12)15-9-3-6-14(17)16-13-7-8-13/h11-13,15H,2-10H2,1H3,(H,16,17). The van der Waals surface area contributed by atoms with Crippen molar-refractivity contribution in [2.75, 3.05) is 6.54 Å². The zero-order chi connectivity index (χ0) is 12.1. The van der Waals surface area contributed by atoms with E-state index in [9.17, 15) is 4.79 Å². The molecule has 0 aromatic carbocycles. The third kappa shape index (κ3) is 5.07. The highest BCUT2D eigenvalue weighted by atomic mass is 16.1. The van der Waals surface area contributed by atoms with Crippen LogP contribution in [0.15, 0.2) is 0 Å². The molecule has 1 unspecified atom stereocenters. The SMILES string of the molecule is CC(CC1CCC1)NCCCC(=O)NC1CC1. The van der Waals surface area contributed by atoms with Gasteiger partial charge in [-0.25, -0.2) is 0 Å². The Kier molecular flexibility index (Phi) is 4.84. The van der Waals surface area contributed by atoms with Crippen molar-refractivity contribution >= 4 is 5.91 Å². The van der Waals surface area contributed by atoms with Crippen LogP contribution in [0.25, 0.3) is 0 Å². The minimum Gasteiger partial charge on any atom is -0.353 e. The van der Waals surface area contributed by atoms with Crippen molar-refractivity contribution in [2.45, 2.75) is 70.4 Å². The van der Waals surface area contributed by atoms with Crippen molar-refractivity contribution < 1.29 is 4.79 Å². The lowest BCUT2D eigenvalue weighted by Gasteiger charge is -2.28. The van der Waals surface area contributed by atoms with E-state index in [1.54, 1.807) is 0 Å². The summed E-state index contributed by atoms with van der Waals surface area (Å²) in [6.45, 7) is 3.24. The molecule has 2 fully saturated rings. The quantitative estimate of drug-likeness (QED) is 0.637. The Morgan fingerprint density at radius 3 is 2.65 bits per heavy atom. The van der Waals surface area contributed by atoms with Crippen molar-refractivity contribution in [1.29, 1.82) is 0 Å². The summed E-state index contributed by atoms with van der Waals surface area (Å²) in [6.07, 6.45) is 9.61. The zero-order valence-corrected chi connectivity index (χ0v) is 11.0. The Bertz CT molecular complexity index is 247. The van der Waals surface area contributed by atoms with Crippen molar-refractivity contribution in [1.82, 2.24) is 10.6 Å². The number of hydrogen-bond donors (Lipinski definition) is 2. The van der Waals surface area contributed by atoms with Gasteiger partial charge in [0, 0.05) is 18.5 Å². The molecule has 2 aliphatic carbocycles. The Hall–Kier alpha value is -0.570. The molecule has 0 aliphatic heterocycles. The molecule has 2 N–H and O–H groups in total. The van der Waals surface area contributed by atoms with Crippen molar-refractivity contribution in [3.05, 3.63) is 0 Å². The molecule has 0 saturated heterocycles. The van der Waals surface area contributed by atoms with Gasteiger partial charge in [0.2, 0.25) is 5.91 Å². The van der Waals surface area contributed by atoms with Gasteiger partial charge in [0.25, 0.3) is 0 Å². The van der Waals surface area contributed by atoms with Gasteiger partial charge in [-0.3, -0.25) is 4.79 Å². The minimum atomic E-state index is 0.237. The maximum atomic E-state index is 11.4. The molecule has 3 heteroatoms. The number of carbonyl (C=O) groups is 1. The summed E-state index contributed by atoms with van der Waals surface area (Å²) in [5.74, 6) is 1.21. The molecule has 2 aliphatic rings. The average molecular weight is 238 g/mol. The number of rotatable bonds is 8. The second kappa shape index (κ2) is 6.39. The highest BCUT2D eigenvalue weighted by Gasteiger charge is 2.23. The van der Waals surface area contributed by atoms with E-state index in [1.165, 1.54) is 38.5 Å². The monoisotopic (exact) mass is 238 g/mol.